The quantitative estimate of drug-likeness (QED) is 0.801. The van der Waals surface area contributed by atoms with Gasteiger partial charge in [-0.05, 0) is 24.5 Å². The molecule has 0 saturated carbocycles. The molecule has 0 bridgehead atoms. The molecule has 0 atom stereocenters. The summed E-state index contributed by atoms with van der Waals surface area (Å²) in [6.07, 6.45) is 0. The minimum Gasteiger partial charge on any atom is -0.312 e. The van der Waals surface area contributed by atoms with Gasteiger partial charge in [-0.25, -0.2) is 4.79 Å². The SMILES string of the molecule is C=C(C)NC(=O)Nc1ccccc1C(C)C. The lowest BCUT2D eigenvalue weighted by molar-refractivity contribution is 0.254. The number of anilines is 1. The first kappa shape index (κ1) is 12.3. The lowest BCUT2D eigenvalue weighted by Crippen LogP contribution is -2.27. The zero-order valence-electron chi connectivity index (χ0n) is 10.0. The number of para-hydroxylation sites is 1. The van der Waals surface area contributed by atoms with E-state index in [1.54, 1.807) is 6.92 Å². The number of allylic oxidation sites excluding steroid dienone is 1. The third kappa shape index (κ3) is 3.42. The van der Waals surface area contributed by atoms with Crippen LogP contribution in [0.2, 0.25) is 0 Å². The van der Waals surface area contributed by atoms with Gasteiger partial charge in [-0.2, -0.15) is 0 Å². The first-order valence-electron chi connectivity index (χ1n) is 5.33. The molecule has 1 rings (SSSR count). The Morgan fingerprint density at radius 3 is 2.50 bits per heavy atom. The molecule has 3 heteroatoms. The molecule has 1 aromatic rings. The van der Waals surface area contributed by atoms with Crippen LogP contribution in [0.5, 0.6) is 0 Å². The van der Waals surface area contributed by atoms with Gasteiger partial charge >= 0.3 is 6.03 Å². The third-order valence-corrected chi connectivity index (χ3v) is 2.16. The molecule has 0 unspecified atom stereocenters. The summed E-state index contributed by atoms with van der Waals surface area (Å²) in [5.74, 6) is 0.376. The third-order valence-electron chi connectivity index (χ3n) is 2.16. The summed E-state index contributed by atoms with van der Waals surface area (Å²) in [5, 5.41) is 5.43. The average molecular weight is 218 g/mol. The molecule has 2 N–H and O–H groups in total. The number of urea groups is 1. The van der Waals surface area contributed by atoms with Crippen LogP contribution in [0.3, 0.4) is 0 Å². The molecule has 0 aliphatic heterocycles. The fraction of sp³-hybridized carbons (Fsp3) is 0.308. The van der Waals surface area contributed by atoms with Gasteiger partial charge in [0.05, 0.1) is 0 Å². The second kappa shape index (κ2) is 5.35. The van der Waals surface area contributed by atoms with Crippen molar-refractivity contribution in [2.24, 2.45) is 0 Å². The van der Waals surface area contributed by atoms with E-state index in [4.69, 9.17) is 0 Å². The van der Waals surface area contributed by atoms with Crippen molar-refractivity contribution in [3.63, 3.8) is 0 Å². The zero-order chi connectivity index (χ0) is 12.1. The van der Waals surface area contributed by atoms with Crippen molar-refractivity contribution in [3.8, 4) is 0 Å². The minimum atomic E-state index is -0.249. The van der Waals surface area contributed by atoms with E-state index in [-0.39, 0.29) is 6.03 Å². The van der Waals surface area contributed by atoms with E-state index in [9.17, 15) is 4.79 Å². The van der Waals surface area contributed by atoms with Gasteiger partial charge in [-0.15, -0.1) is 0 Å². The molecule has 0 aliphatic carbocycles. The maximum atomic E-state index is 11.5. The predicted molar refractivity (Wildman–Crippen MR) is 67.5 cm³/mol. The Morgan fingerprint density at radius 1 is 1.31 bits per heavy atom. The fourth-order valence-corrected chi connectivity index (χ4v) is 1.46. The molecule has 0 heterocycles. The monoisotopic (exact) mass is 218 g/mol. The standard InChI is InChI=1S/C13H18N2O/c1-9(2)11-7-5-6-8-12(11)15-13(16)14-10(3)4/h5-9H,3H2,1-2,4H3,(H2,14,15,16). The van der Waals surface area contributed by atoms with E-state index in [1.165, 1.54) is 0 Å². The average Bonchev–Trinajstić information content (AvgIpc) is 2.16. The lowest BCUT2D eigenvalue weighted by atomic mass is 10.0. The van der Waals surface area contributed by atoms with E-state index in [0.29, 0.717) is 11.6 Å². The number of amides is 2. The summed E-state index contributed by atoms with van der Waals surface area (Å²) in [7, 11) is 0. The Labute approximate surface area is 96.6 Å². The molecule has 1 aromatic carbocycles. The topological polar surface area (TPSA) is 41.1 Å². The van der Waals surface area contributed by atoms with Crippen molar-refractivity contribution in [1.82, 2.24) is 5.32 Å². The second-order valence-corrected chi connectivity index (χ2v) is 4.10. The summed E-state index contributed by atoms with van der Waals surface area (Å²) in [6, 6.07) is 7.54. The van der Waals surface area contributed by atoms with Crippen molar-refractivity contribution < 1.29 is 4.79 Å². The van der Waals surface area contributed by atoms with Gasteiger partial charge in [-0.1, -0.05) is 38.6 Å². The molecule has 16 heavy (non-hydrogen) atoms. The van der Waals surface area contributed by atoms with Gasteiger partial charge in [0, 0.05) is 11.4 Å². The van der Waals surface area contributed by atoms with E-state index in [1.807, 2.05) is 24.3 Å². The second-order valence-electron chi connectivity index (χ2n) is 4.10. The van der Waals surface area contributed by atoms with Gasteiger partial charge in [0.25, 0.3) is 0 Å². The molecule has 3 nitrogen and oxygen atoms in total. The highest BCUT2D eigenvalue weighted by Gasteiger charge is 2.08. The molecule has 0 aromatic heterocycles. The molecule has 2 amide bonds. The normalized spacial score (nSPS) is 10.0. The van der Waals surface area contributed by atoms with Crippen LogP contribution >= 0.6 is 0 Å². The summed E-state index contributed by atoms with van der Waals surface area (Å²) >= 11 is 0. The van der Waals surface area contributed by atoms with E-state index < -0.39 is 0 Å². The number of rotatable bonds is 3. The molecular weight excluding hydrogens is 200 g/mol. The van der Waals surface area contributed by atoms with E-state index in [0.717, 1.165) is 11.3 Å². The number of benzene rings is 1. The minimum absolute atomic E-state index is 0.249. The smallest absolute Gasteiger partial charge is 0.312 e. The van der Waals surface area contributed by atoms with Crippen LogP contribution in [0.25, 0.3) is 0 Å². The summed E-state index contributed by atoms with van der Waals surface area (Å²) in [6.45, 7) is 9.56. The Kier molecular flexibility index (Phi) is 4.11. The van der Waals surface area contributed by atoms with Crippen molar-refractivity contribution in [1.29, 1.82) is 0 Å². The molecule has 0 aliphatic rings. The number of carbonyl (C=O) groups excluding carboxylic acids is 1. The largest absolute Gasteiger partial charge is 0.323 e. The van der Waals surface area contributed by atoms with Crippen LogP contribution in [-0.4, -0.2) is 6.03 Å². The Morgan fingerprint density at radius 2 is 1.94 bits per heavy atom. The van der Waals surface area contributed by atoms with Gasteiger partial charge < -0.3 is 10.6 Å². The van der Waals surface area contributed by atoms with Crippen LogP contribution in [0.15, 0.2) is 36.5 Å². The zero-order valence-corrected chi connectivity index (χ0v) is 10.0. The number of nitrogens with one attached hydrogen (secondary N) is 2. The summed E-state index contributed by atoms with van der Waals surface area (Å²) in [4.78, 5) is 11.5. The van der Waals surface area contributed by atoms with E-state index in [2.05, 4.69) is 31.1 Å². The van der Waals surface area contributed by atoms with Crippen LogP contribution in [-0.2, 0) is 0 Å². The highest BCUT2D eigenvalue weighted by Crippen LogP contribution is 2.23. The molecule has 0 spiro atoms. The number of hydrogen-bond donors (Lipinski definition) is 2. The van der Waals surface area contributed by atoms with Crippen molar-refractivity contribution in [2.45, 2.75) is 26.7 Å². The van der Waals surface area contributed by atoms with Gasteiger partial charge in [0.15, 0.2) is 0 Å². The highest BCUT2D eigenvalue weighted by atomic mass is 16.2. The Bertz CT molecular complexity index is 397. The van der Waals surface area contributed by atoms with Gasteiger partial charge in [0.1, 0.15) is 0 Å². The first-order valence-corrected chi connectivity index (χ1v) is 5.33. The van der Waals surface area contributed by atoms with E-state index >= 15 is 0 Å². The number of carbonyl (C=O) groups is 1. The van der Waals surface area contributed by atoms with Crippen LogP contribution < -0.4 is 10.6 Å². The van der Waals surface area contributed by atoms with Crippen LogP contribution in [0.1, 0.15) is 32.3 Å². The molecule has 0 saturated heterocycles. The Hall–Kier alpha value is -1.77. The van der Waals surface area contributed by atoms with Gasteiger partial charge in [-0.3, -0.25) is 0 Å². The molecule has 0 fully saturated rings. The summed E-state index contributed by atoms with van der Waals surface area (Å²) in [5.41, 5.74) is 2.59. The Balaban J connectivity index is 2.80. The number of hydrogen-bond acceptors (Lipinski definition) is 1. The maximum absolute atomic E-state index is 11.5. The van der Waals surface area contributed by atoms with Crippen molar-refractivity contribution in [3.05, 3.63) is 42.1 Å². The predicted octanol–water partition coefficient (Wildman–Crippen LogP) is 3.47. The van der Waals surface area contributed by atoms with Gasteiger partial charge in [0.2, 0.25) is 0 Å². The summed E-state index contributed by atoms with van der Waals surface area (Å²) < 4.78 is 0. The van der Waals surface area contributed by atoms with Crippen molar-refractivity contribution >= 4 is 11.7 Å². The van der Waals surface area contributed by atoms with Crippen molar-refractivity contribution in [2.75, 3.05) is 5.32 Å². The van der Waals surface area contributed by atoms with Crippen LogP contribution in [0.4, 0.5) is 10.5 Å². The lowest BCUT2D eigenvalue weighted by Gasteiger charge is -2.13. The van der Waals surface area contributed by atoms with Crippen LogP contribution in [0, 0.1) is 0 Å². The fourth-order valence-electron chi connectivity index (χ4n) is 1.46. The highest BCUT2D eigenvalue weighted by molar-refractivity contribution is 5.91. The first-order chi connectivity index (χ1) is 7.50. The molecule has 86 valence electrons. The maximum Gasteiger partial charge on any atom is 0.323 e. The molecular formula is C13H18N2O. The molecule has 0 radical (unpaired) electrons.